The number of nitrogens with two attached hydrogens (primary N) is 1. The molecule has 1 aromatic rings. The van der Waals surface area contributed by atoms with Gasteiger partial charge in [-0.2, -0.15) is 0 Å². The fourth-order valence-corrected chi connectivity index (χ4v) is 6.68. The summed E-state index contributed by atoms with van der Waals surface area (Å²) in [5.74, 6) is 0. The van der Waals surface area contributed by atoms with E-state index < -0.39 is 17.7 Å². The van der Waals surface area contributed by atoms with Crippen molar-refractivity contribution in [1.82, 2.24) is 0 Å². The number of rotatable bonds is 3. The van der Waals surface area contributed by atoms with Crippen LogP contribution in [0.25, 0.3) is 0 Å². The number of hydrogen-bond donors (Lipinski definition) is 1. The second kappa shape index (κ2) is 4.83. The van der Waals surface area contributed by atoms with Crippen molar-refractivity contribution in [2.24, 2.45) is 5.73 Å². The minimum absolute atomic E-state index is 0.0103. The van der Waals surface area contributed by atoms with Gasteiger partial charge in [0.15, 0.2) is 0 Å². The first-order valence-corrected chi connectivity index (χ1v) is 13.6. The van der Waals surface area contributed by atoms with Crippen LogP contribution in [0.3, 0.4) is 0 Å². The van der Waals surface area contributed by atoms with Gasteiger partial charge < -0.3 is 0 Å². The van der Waals surface area contributed by atoms with Gasteiger partial charge in [0.2, 0.25) is 0 Å². The molecule has 14 heavy (non-hydrogen) atoms. The van der Waals surface area contributed by atoms with Gasteiger partial charge >= 0.3 is 93.8 Å². The van der Waals surface area contributed by atoms with Crippen LogP contribution >= 0.6 is 8.92 Å². The van der Waals surface area contributed by atoms with Crippen LogP contribution in [0.4, 0.5) is 0 Å². The van der Waals surface area contributed by atoms with E-state index in [1.165, 1.54) is 0 Å². The van der Waals surface area contributed by atoms with E-state index in [9.17, 15) is 0 Å². The third-order valence-corrected chi connectivity index (χ3v) is 11.0. The third-order valence-electron chi connectivity index (χ3n) is 2.32. The number of benzene rings is 1. The van der Waals surface area contributed by atoms with E-state index in [-0.39, 0.29) is 6.04 Å². The molecule has 2 N–H and O–H groups in total. The van der Waals surface area contributed by atoms with Crippen LogP contribution in [0.15, 0.2) is 24.3 Å². The SMILES string of the molecule is C[O][Sn]([CH3])([Cl])[c]1ccccc1C(C)N. The van der Waals surface area contributed by atoms with Crippen molar-refractivity contribution < 1.29 is 3.07 Å². The van der Waals surface area contributed by atoms with Gasteiger partial charge in [0.05, 0.1) is 0 Å². The summed E-state index contributed by atoms with van der Waals surface area (Å²) < 4.78 is 6.57. The molecule has 4 heteroatoms. The molecule has 0 radical (unpaired) electrons. The Balaban J connectivity index is 3.20. The van der Waals surface area contributed by atoms with E-state index >= 15 is 0 Å². The molecule has 0 bridgehead atoms. The van der Waals surface area contributed by atoms with Gasteiger partial charge in [-0.05, 0) is 0 Å². The zero-order valence-electron chi connectivity index (χ0n) is 8.75. The summed E-state index contributed by atoms with van der Waals surface area (Å²) in [6.45, 7) is 1.97. The predicted octanol–water partition coefficient (Wildman–Crippen LogP) is 1.87. The van der Waals surface area contributed by atoms with Crippen molar-refractivity contribution in [3.63, 3.8) is 0 Å². The van der Waals surface area contributed by atoms with Gasteiger partial charge in [0.25, 0.3) is 0 Å². The van der Waals surface area contributed by atoms with Crippen molar-refractivity contribution in [1.29, 1.82) is 0 Å². The Bertz CT molecular complexity index is 315. The molecule has 1 aromatic carbocycles. The molecule has 0 aliphatic heterocycles. The summed E-state index contributed by atoms with van der Waals surface area (Å²) >= 11 is -3.02. The van der Waals surface area contributed by atoms with Crippen LogP contribution in [0.5, 0.6) is 0 Å². The first kappa shape index (κ1) is 12.3. The van der Waals surface area contributed by atoms with Crippen molar-refractivity contribution in [2.45, 2.75) is 17.9 Å². The first-order valence-electron chi connectivity index (χ1n) is 4.58. The molecule has 78 valence electrons. The van der Waals surface area contributed by atoms with Crippen molar-refractivity contribution in [3.8, 4) is 0 Å². The predicted molar refractivity (Wildman–Crippen MR) is 63.2 cm³/mol. The van der Waals surface area contributed by atoms with Crippen LogP contribution in [-0.2, 0) is 3.07 Å². The molecule has 0 spiro atoms. The number of hydrogen-bond acceptors (Lipinski definition) is 2. The molecule has 0 aliphatic carbocycles. The average molecular weight is 320 g/mol. The molecule has 1 rings (SSSR count). The molecule has 0 amide bonds. The van der Waals surface area contributed by atoms with Gasteiger partial charge in [-0.25, -0.2) is 0 Å². The molecule has 0 saturated heterocycles. The van der Waals surface area contributed by atoms with Crippen LogP contribution in [-0.4, -0.2) is 24.8 Å². The summed E-state index contributed by atoms with van der Waals surface area (Å²) in [5.41, 5.74) is 7.00. The van der Waals surface area contributed by atoms with E-state index in [0.29, 0.717) is 0 Å². The Labute approximate surface area is 93.5 Å². The van der Waals surface area contributed by atoms with Crippen LogP contribution in [0.1, 0.15) is 18.5 Å². The Kier molecular flexibility index (Phi) is 4.25. The van der Waals surface area contributed by atoms with E-state index in [2.05, 4.69) is 0 Å². The number of halogens is 1. The topological polar surface area (TPSA) is 35.2 Å². The maximum atomic E-state index is 6.43. The summed E-state index contributed by atoms with van der Waals surface area (Å²) in [5, 5.41) is 0. The summed E-state index contributed by atoms with van der Waals surface area (Å²) in [6, 6.07) is 8.03. The normalized spacial score (nSPS) is 17.5. The maximum absolute atomic E-state index is 6.43. The Morgan fingerprint density at radius 1 is 1.43 bits per heavy atom. The monoisotopic (exact) mass is 321 g/mol. The summed E-state index contributed by atoms with van der Waals surface area (Å²) in [4.78, 5) is 2.03. The average Bonchev–Trinajstić information content (AvgIpc) is 2.18. The summed E-state index contributed by atoms with van der Waals surface area (Å²) in [6.07, 6.45) is 0. The molecule has 0 saturated carbocycles. The second-order valence-corrected chi connectivity index (χ2v) is 16.3. The van der Waals surface area contributed by atoms with E-state index in [0.717, 1.165) is 9.14 Å². The Morgan fingerprint density at radius 2 is 2.00 bits per heavy atom. The minimum atomic E-state index is -3.02. The first-order chi connectivity index (χ1) is 6.49. The second-order valence-electron chi connectivity index (χ2n) is 3.50. The Morgan fingerprint density at radius 3 is 2.50 bits per heavy atom. The molecular formula is C10H16ClNOSn. The molecule has 2 nitrogen and oxygen atoms in total. The van der Waals surface area contributed by atoms with Gasteiger partial charge in [0, 0.05) is 0 Å². The standard InChI is InChI=1S/C8H10N.CH3O.CH3.ClH.Sn/c1-7(9)8-5-3-2-4-6-8;1-2;;;/h2-5,7H,9H2,1H3;1H3;1H3;1H;/q;-1;;;+2/p-1. The van der Waals surface area contributed by atoms with Gasteiger partial charge in [-0.15, -0.1) is 0 Å². The molecule has 2 unspecified atom stereocenters. The molecule has 0 aromatic heterocycles. The van der Waals surface area contributed by atoms with Crippen LogP contribution in [0.2, 0.25) is 4.94 Å². The van der Waals surface area contributed by atoms with Gasteiger partial charge in [0.1, 0.15) is 0 Å². The third kappa shape index (κ3) is 2.63. The van der Waals surface area contributed by atoms with E-state index in [1.54, 1.807) is 7.11 Å². The molecular weight excluding hydrogens is 304 g/mol. The zero-order chi connectivity index (χ0) is 10.8. The molecule has 2 atom stereocenters. The van der Waals surface area contributed by atoms with Gasteiger partial charge in [-0.3, -0.25) is 0 Å². The molecule has 0 fully saturated rings. The van der Waals surface area contributed by atoms with E-state index in [1.807, 2.05) is 36.1 Å². The summed E-state index contributed by atoms with van der Waals surface area (Å²) in [7, 11) is 8.11. The van der Waals surface area contributed by atoms with Gasteiger partial charge in [-0.1, -0.05) is 0 Å². The van der Waals surface area contributed by atoms with Crippen LogP contribution in [0, 0.1) is 0 Å². The van der Waals surface area contributed by atoms with Crippen molar-refractivity contribution in [3.05, 3.63) is 29.8 Å². The quantitative estimate of drug-likeness (QED) is 0.863. The fraction of sp³-hybridized carbons (Fsp3) is 0.400. The van der Waals surface area contributed by atoms with Crippen LogP contribution < -0.4 is 9.31 Å². The molecule has 0 aliphatic rings. The van der Waals surface area contributed by atoms with E-state index in [4.69, 9.17) is 17.7 Å². The van der Waals surface area contributed by atoms with Crippen molar-refractivity contribution in [2.75, 3.05) is 7.11 Å². The fourth-order valence-electron chi connectivity index (χ4n) is 1.41. The Hall–Kier alpha value is 0.229. The zero-order valence-corrected chi connectivity index (χ0v) is 12.4. The molecule has 0 heterocycles. The van der Waals surface area contributed by atoms with Crippen molar-refractivity contribution >= 4 is 30.2 Å².